The molecule has 0 radical (unpaired) electrons. The summed E-state index contributed by atoms with van der Waals surface area (Å²) in [5.74, 6) is 2.26. The standard InChI is InChI=1S/C33H40O5/c1-32(2,3)38-31(36)13-8-22-6-9-26(10-7-22)27-11-12-29(37-14-4-5-30(34)35)28(18-27)33-19-23-15-24(20-33)17-25(16-23)21-33/h6-13,18,23-25H,4-5,14-17,19-21H2,1-3H3,(H,34,35). The number of esters is 1. The quantitative estimate of drug-likeness (QED) is 0.213. The maximum atomic E-state index is 12.0. The summed E-state index contributed by atoms with van der Waals surface area (Å²) in [6.07, 6.45) is 11.8. The van der Waals surface area contributed by atoms with Gasteiger partial charge >= 0.3 is 11.9 Å². The van der Waals surface area contributed by atoms with Crippen LogP contribution in [0.1, 0.15) is 83.3 Å². The van der Waals surface area contributed by atoms with Crippen molar-refractivity contribution in [1.82, 2.24) is 0 Å². The summed E-state index contributed by atoms with van der Waals surface area (Å²) in [5.41, 5.74) is 4.21. The first-order valence-corrected chi connectivity index (χ1v) is 14.1. The average Bonchev–Trinajstić information content (AvgIpc) is 2.84. The minimum absolute atomic E-state index is 0.125. The molecule has 2 aromatic rings. The summed E-state index contributed by atoms with van der Waals surface area (Å²) >= 11 is 0. The van der Waals surface area contributed by atoms with Crippen molar-refractivity contribution in [3.05, 3.63) is 59.7 Å². The summed E-state index contributed by atoms with van der Waals surface area (Å²) in [4.78, 5) is 23.0. The predicted octanol–water partition coefficient (Wildman–Crippen LogP) is 7.42. The summed E-state index contributed by atoms with van der Waals surface area (Å²) in [6, 6.07) is 14.8. The van der Waals surface area contributed by atoms with Gasteiger partial charge in [-0.25, -0.2) is 4.79 Å². The minimum Gasteiger partial charge on any atom is -0.493 e. The monoisotopic (exact) mass is 516 g/mol. The van der Waals surface area contributed by atoms with E-state index in [-0.39, 0.29) is 17.8 Å². The summed E-state index contributed by atoms with van der Waals surface area (Å²) in [5, 5.41) is 9.02. The van der Waals surface area contributed by atoms with Crippen LogP contribution in [-0.4, -0.2) is 29.3 Å². The van der Waals surface area contributed by atoms with E-state index in [9.17, 15) is 9.59 Å². The third-order valence-electron chi connectivity index (χ3n) is 8.44. The SMILES string of the molecule is CC(C)(C)OC(=O)C=Cc1ccc(-c2ccc(OCCCC(=O)O)c(C34CC5CC(CC(C5)C3)C4)c2)cc1. The van der Waals surface area contributed by atoms with Gasteiger partial charge in [-0.2, -0.15) is 0 Å². The molecule has 0 aromatic heterocycles. The van der Waals surface area contributed by atoms with E-state index in [1.807, 2.05) is 32.9 Å². The first-order chi connectivity index (χ1) is 18.1. The lowest BCUT2D eigenvalue weighted by Gasteiger charge is -2.57. The minimum atomic E-state index is -0.783. The first-order valence-electron chi connectivity index (χ1n) is 14.1. The number of hydrogen-bond donors (Lipinski definition) is 1. The highest BCUT2D eigenvalue weighted by Crippen LogP contribution is 2.62. The molecule has 6 rings (SSSR count). The second-order valence-electron chi connectivity index (χ2n) is 12.7. The van der Waals surface area contributed by atoms with Crippen molar-refractivity contribution in [3.63, 3.8) is 0 Å². The van der Waals surface area contributed by atoms with E-state index in [4.69, 9.17) is 14.6 Å². The Morgan fingerprint density at radius 1 is 0.947 bits per heavy atom. The van der Waals surface area contributed by atoms with Crippen LogP contribution in [0.3, 0.4) is 0 Å². The molecule has 0 aliphatic heterocycles. The third kappa shape index (κ3) is 6.14. The molecule has 1 N–H and O–H groups in total. The molecule has 0 spiro atoms. The van der Waals surface area contributed by atoms with Gasteiger partial charge in [0.25, 0.3) is 0 Å². The van der Waals surface area contributed by atoms with Crippen molar-refractivity contribution in [1.29, 1.82) is 0 Å². The molecular weight excluding hydrogens is 476 g/mol. The van der Waals surface area contributed by atoms with Gasteiger partial charge in [0.05, 0.1) is 6.61 Å². The fourth-order valence-electron chi connectivity index (χ4n) is 7.38. The van der Waals surface area contributed by atoms with Crippen LogP contribution in [0.25, 0.3) is 17.2 Å². The number of carboxylic acids is 1. The molecule has 4 saturated carbocycles. The highest BCUT2D eigenvalue weighted by atomic mass is 16.6. The number of ether oxygens (including phenoxy) is 2. The number of benzene rings is 2. The Morgan fingerprint density at radius 2 is 1.55 bits per heavy atom. The van der Waals surface area contributed by atoms with Gasteiger partial charge in [0.15, 0.2) is 0 Å². The first kappa shape index (κ1) is 26.5. The molecule has 4 bridgehead atoms. The number of aliphatic carboxylic acids is 1. The molecule has 5 heteroatoms. The maximum absolute atomic E-state index is 12.0. The second kappa shape index (κ2) is 10.6. The second-order valence-corrected chi connectivity index (χ2v) is 12.7. The van der Waals surface area contributed by atoms with Crippen molar-refractivity contribution >= 4 is 18.0 Å². The van der Waals surface area contributed by atoms with E-state index in [1.54, 1.807) is 6.08 Å². The highest BCUT2D eigenvalue weighted by Gasteiger charge is 2.52. The molecule has 38 heavy (non-hydrogen) atoms. The van der Waals surface area contributed by atoms with Crippen LogP contribution in [-0.2, 0) is 19.7 Å². The summed E-state index contributed by atoms with van der Waals surface area (Å²) in [6.45, 7) is 6.00. The van der Waals surface area contributed by atoms with Crippen molar-refractivity contribution in [3.8, 4) is 16.9 Å². The fraction of sp³-hybridized carbons (Fsp3) is 0.515. The Kier molecular flexibility index (Phi) is 7.39. The van der Waals surface area contributed by atoms with Gasteiger partial charge in [0, 0.05) is 18.1 Å². The predicted molar refractivity (Wildman–Crippen MR) is 149 cm³/mol. The van der Waals surface area contributed by atoms with Gasteiger partial charge < -0.3 is 14.6 Å². The zero-order valence-electron chi connectivity index (χ0n) is 22.9. The van der Waals surface area contributed by atoms with Crippen LogP contribution in [0.4, 0.5) is 0 Å². The van der Waals surface area contributed by atoms with Gasteiger partial charge in [-0.1, -0.05) is 30.3 Å². The highest BCUT2D eigenvalue weighted by molar-refractivity contribution is 5.87. The van der Waals surface area contributed by atoms with Crippen LogP contribution in [0.15, 0.2) is 48.5 Å². The molecule has 202 valence electrons. The number of hydrogen-bond acceptors (Lipinski definition) is 4. The Morgan fingerprint density at radius 3 is 2.13 bits per heavy atom. The van der Waals surface area contributed by atoms with Gasteiger partial charge in [-0.05, 0) is 124 Å². The molecule has 5 nitrogen and oxygen atoms in total. The lowest BCUT2D eigenvalue weighted by atomic mass is 9.48. The Bertz CT molecular complexity index is 1170. The molecule has 4 aliphatic carbocycles. The zero-order valence-corrected chi connectivity index (χ0v) is 22.9. The van der Waals surface area contributed by atoms with Crippen molar-refractivity contribution in [2.45, 2.75) is 83.2 Å². The van der Waals surface area contributed by atoms with Crippen LogP contribution in [0, 0.1) is 17.8 Å². The maximum Gasteiger partial charge on any atom is 0.331 e. The Balaban J connectivity index is 1.39. The van der Waals surface area contributed by atoms with Gasteiger partial charge in [0.1, 0.15) is 11.4 Å². The molecule has 0 heterocycles. The van der Waals surface area contributed by atoms with E-state index in [2.05, 4.69) is 30.3 Å². The number of carbonyl (C=O) groups is 2. The van der Waals surface area contributed by atoms with Gasteiger partial charge in [0.2, 0.25) is 0 Å². The van der Waals surface area contributed by atoms with Crippen LogP contribution in [0.2, 0.25) is 0 Å². The van der Waals surface area contributed by atoms with E-state index in [0.717, 1.165) is 40.2 Å². The largest absolute Gasteiger partial charge is 0.493 e. The average molecular weight is 517 g/mol. The Hall–Kier alpha value is -3.08. The number of carbonyl (C=O) groups excluding carboxylic acids is 1. The molecule has 4 fully saturated rings. The molecule has 2 aromatic carbocycles. The number of rotatable bonds is 9. The van der Waals surface area contributed by atoms with E-state index in [0.29, 0.717) is 13.0 Å². The van der Waals surface area contributed by atoms with Crippen LogP contribution < -0.4 is 4.74 Å². The normalized spacial score (nSPS) is 26.0. The topological polar surface area (TPSA) is 72.8 Å². The van der Waals surface area contributed by atoms with E-state index >= 15 is 0 Å². The lowest BCUT2D eigenvalue weighted by Crippen LogP contribution is -2.48. The summed E-state index contributed by atoms with van der Waals surface area (Å²) < 4.78 is 11.6. The van der Waals surface area contributed by atoms with Crippen molar-refractivity contribution < 1.29 is 24.2 Å². The zero-order chi connectivity index (χ0) is 26.9. The van der Waals surface area contributed by atoms with E-state index < -0.39 is 11.6 Å². The lowest BCUT2D eigenvalue weighted by molar-refractivity contribution is -0.148. The molecule has 0 unspecified atom stereocenters. The van der Waals surface area contributed by atoms with Crippen molar-refractivity contribution in [2.75, 3.05) is 6.61 Å². The third-order valence-corrected chi connectivity index (χ3v) is 8.44. The molecule has 0 amide bonds. The molecule has 4 aliphatic rings. The van der Waals surface area contributed by atoms with Crippen LogP contribution in [0.5, 0.6) is 5.75 Å². The molecule has 0 saturated heterocycles. The van der Waals surface area contributed by atoms with E-state index in [1.165, 1.54) is 50.2 Å². The molecular formula is C33H40O5. The van der Waals surface area contributed by atoms with Gasteiger partial charge in [-0.3, -0.25) is 4.79 Å². The smallest absolute Gasteiger partial charge is 0.331 e. The fourth-order valence-corrected chi connectivity index (χ4v) is 7.38. The molecule has 0 atom stereocenters. The Labute approximate surface area is 226 Å². The number of carboxylic acid groups (broad SMARTS) is 1. The summed E-state index contributed by atoms with van der Waals surface area (Å²) in [7, 11) is 0. The van der Waals surface area contributed by atoms with Crippen LogP contribution >= 0.6 is 0 Å². The van der Waals surface area contributed by atoms with Crippen molar-refractivity contribution in [2.24, 2.45) is 17.8 Å². The van der Waals surface area contributed by atoms with Gasteiger partial charge in [-0.15, -0.1) is 0 Å².